The summed E-state index contributed by atoms with van der Waals surface area (Å²) in [5.74, 6) is -0.837. The number of rotatable bonds is 8. The number of benzene rings is 3. The molecule has 3 aliphatic rings. The van der Waals surface area contributed by atoms with Crippen molar-refractivity contribution in [2.75, 3.05) is 31.5 Å². The van der Waals surface area contributed by atoms with Crippen molar-refractivity contribution in [1.82, 2.24) is 10.6 Å². The zero-order valence-electron chi connectivity index (χ0n) is 25.2. The molecular formula is C34H39Cl2F4N3O3. The first kappa shape index (κ1) is 35.8. The number of carbonyl (C=O) groups is 1. The van der Waals surface area contributed by atoms with Crippen molar-refractivity contribution in [1.29, 1.82) is 0 Å². The van der Waals surface area contributed by atoms with Crippen molar-refractivity contribution in [2.45, 2.75) is 62.8 Å². The second-order valence-corrected chi connectivity index (χ2v) is 12.0. The van der Waals surface area contributed by atoms with Crippen molar-refractivity contribution < 1.29 is 31.8 Å². The molecule has 0 aromatic heterocycles. The fourth-order valence-electron chi connectivity index (χ4n) is 6.43. The van der Waals surface area contributed by atoms with E-state index in [-0.39, 0.29) is 67.5 Å². The summed E-state index contributed by atoms with van der Waals surface area (Å²) in [4.78, 5) is 13.5. The van der Waals surface area contributed by atoms with Crippen LogP contribution in [0.25, 0.3) is 11.1 Å². The summed E-state index contributed by atoms with van der Waals surface area (Å²) in [7, 11) is 0. The summed E-state index contributed by atoms with van der Waals surface area (Å²) in [5.41, 5.74) is 3.20. The van der Waals surface area contributed by atoms with E-state index in [2.05, 4.69) is 16.0 Å². The van der Waals surface area contributed by atoms with Crippen LogP contribution < -0.4 is 25.4 Å². The number of halogens is 6. The van der Waals surface area contributed by atoms with Crippen LogP contribution >= 0.6 is 24.8 Å². The molecular weight excluding hydrogens is 645 g/mol. The molecule has 2 saturated heterocycles. The molecule has 6 nitrogen and oxygen atoms in total. The Morgan fingerprint density at radius 1 is 0.761 bits per heavy atom. The van der Waals surface area contributed by atoms with Gasteiger partial charge >= 0.3 is 6.18 Å². The van der Waals surface area contributed by atoms with Crippen LogP contribution in [0.2, 0.25) is 0 Å². The average molecular weight is 685 g/mol. The van der Waals surface area contributed by atoms with Crippen LogP contribution in [-0.4, -0.2) is 50.5 Å². The third kappa shape index (κ3) is 8.64. The van der Waals surface area contributed by atoms with E-state index >= 15 is 0 Å². The minimum Gasteiger partial charge on any atom is -0.489 e. The fraction of sp³-hybridized carbons (Fsp3) is 0.441. The van der Waals surface area contributed by atoms with Crippen LogP contribution in [0.15, 0.2) is 60.7 Å². The van der Waals surface area contributed by atoms with E-state index in [1.54, 1.807) is 36.4 Å². The predicted octanol–water partition coefficient (Wildman–Crippen LogP) is 7.91. The molecule has 2 atom stereocenters. The third-order valence-corrected chi connectivity index (χ3v) is 8.91. The maximum Gasteiger partial charge on any atom is 0.391 e. The van der Waals surface area contributed by atoms with E-state index in [1.807, 2.05) is 12.1 Å². The second kappa shape index (κ2) is 15.7. The molecule has 1 aliphatic carbocycles. The molecule has 2 unspecified atom stereocenters. The van der Waals surface area contributed by atoms with Gasteiger partial charge in [-0.2, -0.15) is 13.2 Å². The first-order valence-corrected chi connectivity index (χ1v) is 15.4. The largest absolute Gasteiger partial charge is 0.489 e. The van der Waals surface area contributed by atoms with Gasteiger partial charge in [0.15, 0.2) is 0 Å². The summed E-state index contributed by atoms with van der Waals surface area (Å²) in [6, 6.07) is 16.8. The highest BCUT2D eigenvalue weighted by molar-refractivity contribution is 6.05. The Labute approximate surface area is 278 Å². The smallest absolute Gasteiger partial charge is 0.391 e. The summed E-state index contributed by atoms with van der Waals surface area (Å²) in [5, 5.41) is 9.52. The van der Waals surface area contributed by atoms with Crippen molar-refractivity contribution in [3.8, 4) is 22.6 Å². The molecule has 1 saturated carbocycles. The summed E-state index contributed by atoms with van der Waals surface area (Å²) < 4.78 is 66.3. The third-order valence-electron chi connectivity index (χ3n) is 8.91. The van der Waals surface area contributed by atoms with Gasteiger partial charge in [0.25, 0.3) is 5.91 Å². The minimum absolute atomic E-state index is 0. The lowest BCUT2D eigenvalue weighted by atomic mass is 9.78. The molecule has 2 aliphatic heterocycles. The lowest BCUT2D eigenvalue weighted by Gasteiger charge is -2.31. The molecule has 0 radical (unpaired) electrons. The molecule has 0 spiro atoms. The molecule has 3 fully saturated rings. The van der Waals surface area contributed by atoms with Crippen LogP contribution in [0, 0.1) is 11.7 Å². The zero-order valence-corrected chi connectivity index (χ0v) is 26.8. The normalized spacial score (nSPS) is 22.8. The predicted molar refractivity (Wildman–Crippen MR) is 175 cm³/mol. The number of alkyl halides is 3. The second-order valence-electron chi connectivity index (χ2n) is 12.0. The van der Waals surface area contributed by atoms with E-state index in [1.165, 1.54) is 12.1 Å². The first-order chi connectivity index (χ1) is 21.2. The van der Waals surface area contributed by atoms with Gasteiger partial charge in [0.1, 0.15) is 29.5 Å². The number of anilines is 1. The first-order valence-electron chi connectivity index (χ1n) is 15.4. The number of amides is 1. The Balaban J connectivity index is 0.00000240. The van der Waals surface area contributed by atoms with Gasteiger partial charge in [0, 0.05) is 29.9 Å². The topological polar surface area (TPSA) is 71.6 Å². The van der Waals surface area contributed by atoms with Crippen molar-refractivity contribution in [2.24, 2.45) is 5.92 Å². The van der Waals surface area contributed by atoms with Gasteiger partial charge < -0.3 is 25.4 Å². The Bertz CT molecular complexity index is 1450. The van der Waals surface area contributed by atoms with Crippen LogP contribution in [0.1, 0.15) is 60.4 Å². The Hall–Kier alpha value is -3.05. The molecule has 1 amide bonds. The van der Waals surface area contributed by atoms with E-state index in [4.69, 9.17) is 9.47 Å². The summed E-state index contributed by atoms with van der Waals surface area (Å²) in [6.07, 6.45) is -1.59. The molecule has 3 aromatic carbocycles. The number of carbonyl (C=O) groups excluding carboxylic acids is 1. The van der Waals surface area contributed by atoms with E-state index in [0.29, 0.717) is 42.1 Å². The van der Waals surface area contributed by atoms with Gasteiger partial charge in [-0.15, -0.1) is 24.8 Å². The number of ether oxygens (including phenoxy) is 2. The van der Waals surface area contributed by atoms with Crippen LogP contribution in [0.3, 0.4) is 0 Å². The van der Waals surface area contributed by atoms with Crippen LogP contribution in [-0.2, 0) is 0 Å². The Morgan fingerprint density at radius 3 is 1.96 bits per heavy atom. The van der Waals surface area contributed by atoms with Gasteiger partial charge in [0.2, 0.25) is 0 Å². The number of hydrogen-bond acceptors (Lipinski definition) is 5. The maximum absolute atomic E-state index is 13.7. The van der Waals surface area contributed by atoms with Crippen molar-refractivity contribution in [3.63, 3.8) is 0 Å². The highest BCUT2D eigenvalue weighted by Gasteiger charge is 2.42. The molecule has 6 rings (SSSR count). The molecule has 250 valence electrons. The number of nitrogens with one attached hydrogen (secondary N) is 3. The lowest BCUT2D eigenvalue weighted by Crippen LogP contribution is -2.27. The minimum atomic E-state index is -4.19. The molecule has 0 bridgehead atoms. The van der Waals surface area contributed by atoms with E-state index < -0.39 is 12.1 Å². The molecule has 3 aromatic rings. The SMILES string of the molecule is Cl.Cl.O=C(Nc1ccc(OC2CCNC2)c(-c2ccc(F)cc2)c1)c1ccc(OC2CCNC2)c(C2CCC(C(F)(F)F)CC2)c1. The molecule has 2 heterocycles. The van der Waals surface area contributed by atoms with Crippen molar-refractivity contribution in [3.05, 3.63) is 77.6 Å². The quantitative estimate of drug-likeness (QED) is 0.211. The average Bonchev–Trinajstić information content (AvgIpc) is 3.73. The Morgan fingerprint density at radius 2 is 1.37 bits per heavy atom. The van der Waals surface area contributed by atoms with E-state index in [0.717, 1.165) is 49.2 Å². The van der Waals surface area contributed by atoms with Gasteiger partial charge in [-0.3, -0.25) is 4.79 Å². The molecule has 3 N–H and O–H groups in total. The lowest BCUT2D eigenvalue weighted by molar-refractivity contribution is -0.182. The van der Waals surface area contributed by atoms with Crippen molar-refractivity contribution >= 4 is 36.4 Å². The van der Waals surface area contributed by atoms with Crippen LogP contribution in [0.5, 0.6) is 11.5 Å². The van der Waals surface area contributed by atoms with Crippen LogP contribution in [0.4, 0.5) is 23.2 Å². The fourth-order valence-corrected chi connectivity index (χ4v) is 6.43. The summed E-state index contributed by atoms with van der Waals surface area (Å²) in [6.45, 7) is 3.16. The van der Waals surface area contributed by atoms with Gasteiger partial charge in [-0.25, -0.2) is 4.39 Å². The standard InChI is InChI=1S/C34H37F4N3O3.2ClH/c35-25-8-3-22(4-9-25)30-18-26(10-12-32(30)44-28-14-16-40-20-28)41-33(42)23-5-11-31(43-27-13-15-39-19-27)29(17-23)21-1-6-24(7-2-21)34(36,37)38;;/h3-5,8-12,17-18,21,24,27-28,39-40H,1-2,6-7,13-16,19-20H2,(H,41,42);2*1H. The van der Waals surface area contributed by atoms with E-state index in [9.17, 15) is 22.4 Å². The molecule has 12 heteroatoms. The monoisotopic (exact) mass is 683 g/mol. The Kier molecular flexibility index (Phi) is 12.2. The maximum atomic E-state index is 13.7. The number of hydrogen-bond donors (Lipinski definition) is 3. The highest BCUT2D eigenvalue weighted by atomic mass is 35.5. The molecule has 46 heavy (non-hydrogen) atoms. The zero-order chi connectivity index (χ0) is 30.7. The highest BCUT2D eigenvalue weighted by Crippen LogP contribution is 2.45. The van der Waals surface area contributed by atoms with Gasteiger partial charge in [0.05, 0.1) is 5.92 Å². The summed E-state index contributed by atoms with van der Waals surface area (Å²) >= 11 is 0. The van der Waals surface area contributed by atoms with Gasteiger partial charge in [-0.05, 0) is 117 Å². The van der Waals surface area contributed by atoms with Gasteiger partial charge in [-0.1, -0.05) is 12.1 Å².